The number of ether oxygens (including phenoxy) is 2. The molecule has 6 heteroatoms. The van der Waals surface area contributed by atoms with Crippen molar-refractivity contribution in [1.82, 2.24) is 5.32 Å². The van der Waals surface area contributed by atoms with Gasteiger partial charge in [-0.2, -0.15) is 0 Å². The minimum absolute atomic E-state index is 0.214. The summed E-state index contributed by atoms with van der Waals surface area (Å²) < 4.78 is 16.5. The summed E-state index contributed by atoms with van der Waals surface area (Å²) in [6.07, 6.45) is 0. The highest BCUT2D eigenvalue weighted by atomic mass is 16.5. The zero-order valence-electron chi connectivity index (χ0n) is 12.8. The van der Waals surface area contributed by atoms with Crippen LogP contribution in [0.5, 0.6) is 5.75 Å². The molecule has 0 spiro atoms. The lowest BCUT2D eigenvalue weighted by Gasteiger charge is -2.29. The summed E-state index contributed by atoms with van der Waals surface area (Å²) in [6, 6.07) is 5.66. The molecule has 2 heterocycles. The van der Waals surface area contributed by atoms with Gasteiger partial charge < -0.3 is 24.1 Å². The first-order chi connectivity index (χ1) is 10.7. The SMILES string of the molecule is CCNC(=O)c1cc2c(N3CCOCC3)ccc(OC)c2o1. The van der Waals surface area contributed by atoms with Crippen LogP contribution < -0.4 is 15.0 Å². The number of benzene rings is 1. The first-order valence-electron chi connectivity index (χ1n) is 7.46. The molecule has 0 atom stereocenters. The van der Waals surface area contributed by atoms with E-state index in [4.69, 9.17) is 13.9 Å². The van der Waals surface area contributed by atoms with E-state index in [-0.39, 0.29) is 5.91 Å². The second-order valence-corrected chi connectivity index (χ2v) is 5.10. The number of methoxy groups -OCH3 is 1. The van der Waals surface area contributed by atoms with Gasteiger partial charge in [0, 0.05) is 30.7 Å². The molecule has 1 amide bonds. The Labute approximate surface area is 129 Å². The van der Waals surface area contributed by atoms with Gasteiger partial charge >= 0.3 is 0 Å². The van der Waals surface area contributed by atoms with E-state index < -0.39 is 0 Å². The quantitative estimate of drug-likeness (QED) is 0.936. The molecular formula is C16H20N2O4. The van der Waals surface area contributed by atoms with Crippen LogP contribution in [0, 0.1) is 0 Å². The van der Waals surface area contributed by atoms with Crippen LogP contribution in [0.3, 0.4) is 0 Å². The summed E-state index contributed by atoms with van der Waals surface area (Å²) in [6.45, 7) is 5.49. The second kappa shape index (κ2) is 6.27. The van der Waals surface area contributed by atoms with Crippen molar-refractivity contribution in [1.29, 1.82) is 0 Å². The van der Waals surface area contributed by atoms with Crippen molar-refractivity contribution in [2.45, 2.75) is 6.92 Å². The van der Waals surface area contributed by atoms with E-state index in [1.54, 1.807) is 13.2 Å². The van der Waals surface area contributed by atoms with Crippen molar-refractivity contribution < 1.29 is 18.7 Å². The first kappa shape index (κ1) is 14.7. The van der Waals surface area contributed by atoms with Crippen molar-refractivity contribution in [2.75, 3.05) is 44.9 Å². The summed E-state index contributed by atoms with van der Waals surface area (Å²) in [5.41, 5.74) is 1.64. The lowest BCUT2D eigenvalue weighted by Crippen LogP contribution is -2.36. The molecule has 1 fully saturated rings. The molecule has 0 unspecified atom stereocenters. The summed E-state index contributed by atoms with van der Waals surface area (Å²) in [5, 5.41) is 3.64. The van der Waals surface area contributed by atoms with Gasteiger partial charge in [-0.05, 0) is 25.1 Å². The topological polar surface area (TPSA) is 63.9 Å². The van der Waals surface area contributed by atoms with E-state index in [0.717, 1.165) is 24.2 Å². The average molecular weight is 304 g/mol. The summed E-state index contributed by atoms with van der Waals surface area (Å²) in [7, 11) is 1.59. The Kier molecular flexibility index (Phi) is 4.20. The van der Waals surface area contributed by atoms with E-state index in [9.17, 15) is 4.79 Å². The normalized spacial score (nSPS) is 15.1. The van der Waals surface area contributed by atoms with E-state index in [1.165, 1.54) is 0 Å². The largest absolute Gasteiger partial charge is 0.493 e. The van der Waals surface area contributed by atoms with Gasteiger partial charge in [0.05, 0.1) is 20.3 Å². The molecule has 0 radical (unpaired) electrons. The number of furan rings is 1. The molecule has 1 N–H and O–H groups in total. The van der Waals surface area contributed by atoms with E-state index in [2.05, 4.69) is 10.2 Å². The van der Waals surface area contributed by atoms with Gasteiger partial charge in [0.25, 0.3) is 5.91 Å². The van der Waals surface area contributed by atoms with Gasteiger partial charge in [0.15, 0.2) is 17.1 Å². The Bertz CT molecular complexity index is 674. The number of hydrogen-bond acceptors (Lipinski definition) is 5. The monoisotopic (exact) mass is 304 g/mol. The summed E-state index contributed by atoms with van der Waals surface area (Å²) >= 11 is 0. The third-order valence-electron chi connectivity index (χ3n) is 3.76. The zero-order valence-corrected chi connectivity index (χ0v) is 12.8. The first-order valence-corrected chi connectivity index (χ1v) is 7.46. The third-order valence-corrected chi connectivity index (χ3v) is 3.76. The number of nitrogens with zero attached hydrogens (tertiary/aromatic N) is 1. The number of carbonyl (C=O) groups is 1. The molecule has 22 heavy (non-hydrogen) atoms. The van der Waals surface area contributed by atoms with Crippen molar-refractivity contribution in [3.63, 3.8) is 0 Å². The fraction of sp³-hybridized carbons (Fsp3) is 0.438. The smallest absolute Gasteiger partial charge is 0.287 e. The number of morpholine rings is 1. The van der Waals surface area contributed by atoms with E-state index in [1.807, 2.05) is 19.1 Å². The van der Waals surface area contributed by atoms with Crippen molar-refractivity contribution in [3.8, 4) is 5.75 Å². The number of rotatable bonds is 4. The minimum atomic E-state index is -0.214. The van der Waals surface area contributed by atoms with Gasteiger partial charge in [0.1, 0.15) is 0 Å². The highest BCUT2D eigenvalue weighted by Gasteiger charge is 2.21. The maximum atomic E-state index is 12.0. The summed E-state index contributed by atoms with van der Waals surface area (Å²) in [4.78, 5) is 14.3. The second-order valence-electron chi connectivity index (χ2n) is 5.10. The fourth-order valence-corrected chi connectivity index (χ4v) is 2.68. The van der Waals surface area contributed by atoms with Crippen LogP contribution in [0.15, 0.2) is 22.6 Å². The van der Waals surface area contributed by atoms with Gasteiger partial charge in [-0.25, -0.2) is 0 Å². The summed E-state index contributed by atoms with van der Waals surface area (Å²) in [5.74, 6) is 0.715. The molecule has 1 aromatic carbocycles. The van der Waals surface area contributed by atoms with Crippen LogP contribution >= 0.6 is 0 Å². The Hall–Kier alpha value is -2.21. The van der Waals surface area contributed by atoms with E-state index in [0.29, 0.717) is 36.9 Å². The number of hydrogen-bond donors (Lipinski definition) is 1. The zero-order chi connectivity index (χ0) is 15.5. The van der Waals surface area contributed by atoms with Crippen LogP contribution in [0.25, 0.3) is 11.0 Å². The predicted molar refractivity (Wildman–Crippen MR) is 83.8 cm³/mol. The maximum absolute atomic E-state index is 12.0. The Balaban J connectivity index is 2.07. The Morgan fingerprint density at radius 3 is 2.82 bits per heavy atom. The van der Waals surface area contributed by atoms with Gasteiger partial charge in [-0.1, -0.05) is 0 Å². The van der Waals surface area contributed by atoms with Gasteiger partial charge in [0.2, 0.25) is 0 Å². The molecule has 1 saturated heterocycles. The number of fused-ring (bicyclic) bond motifs is 1. The van der Waals surface area contributed by atoms with Crippen molar-refractivity contribution in [2.24, 2.45) is 0 Å². The van der Waals surface area contributed by atoms with Crippen LogP contribution in [0.2, 0.25) is 0 Å². The molecule has 1 aliphatic heterocycles. The van der Waals surface area contributed by atoms with Crippen LogP contribution in [-0.4, -0.2) is 45.9 Å². The highest BCUT2D eigenvalue weighted by molar-refractivity contribution is 6.02. The lowest BCUT2D eigenvalue weighted by atomic mass is 10.1. The maximum Gasteiger partial charge on any atom is 0.287 e. The fourth-order valence-electron chi connectivity index (χ4n) is 2.68. The number of anilines is 1. The van der Waals surface area contributed by atoms with Crippen molar-refractivity contribution >= 4 is 22.6 Å². The Morgan fingerprint density at radius 1 is 1.36 bits per heavy atom. The van der Waals surface area contributed by atoms with Gasteiger partial charge in [-0.15, -0.1) is 0 Å². The highest BCUT2D eigenvalue weighted by Crippen LogP contribution is 2.36. The van der Waals surface area contributed by atoms with Gasteiger partial charge in [-0.3, -0.25) is 4.79 Å². The molecule has 118 valence electrons. The molecule has 3 rings (SSSR count). The number of carbonyl (C=O) groups excluding carboxylic acids is 1. The van der Waals surface area contributed by atoms with Crippen LogP contribution in [-0.2, 0) is 4.74 Å². The minimum Gasteiger partial charge on any atom is -0.493 e. The van der Waals surface area contributed by atoms with E-state index >= 15 is 0 Å². The van der Waals surface area contributed by atoms with Crippen molar-refractivity contribution in [3.05, 3.63) is 24.0 Å². The standard InChI is InChI=1S/C16H20N2O4/c1-3-17-16(19)14-10-11-12(18-6-8-21-9-7-18)4-5-13(20-2)15(11)22-14/h4-5,10H,3,6-9H2,1-2H3,(H,17,19). The number of nitrogens with one attached hydrogen (secondary N) is 1. The lowest BCUT2D eigenvalue weighted by molar-refractivity contribution is 0.0930. The molecule has 0 saturated carbocycles. The number of amides is 1. The molecular weight excluding hydrogens is 284 g/mol. The molecule has 1 aliphatic rings. The molecule has 0 aliphatic carbocycles. The predicted octanol–water partition coefficient (Wildman–Crippen LogP) is 2.03. The van der Waals surface area contributed by atoms with Crippen LogP contribution in [0.1, 0.15) is 17.5 Å². The Morgan fingerprint density at radius 2 is 2.14 bits per heavy atom. The third kappa shape index (κ3) is 2.62. The molecule has 2 aromatic rings. The molecule has 1 aromatic heterocycles. The average Bonchev–Trinajstić information content (AvgIpc) is 3.00. The molecule has 6 nitrogen and oxygen atoms in total. The molecule has 0 bridgehead atoms. The van der Waals surface area contributed by atoms with Crippen LogP contribution in [0.4, 0.5) is 5.69 Å².